The largest absolute Gasteiger partial charge is 0.389 e. The van der Waals surface area contributed by atoms with E-state index in [0.717, 1.165) is 5.56 Å². The Morgan fingerprint density at radius 1 is 1.21 bits per heavy atom. The fourth-order valence-corrected chi connectivity index (χ4v) is 5.90. The number of ether oxygens (including phenoxy) is 1. The van der Waals surface area contributed by atoms with Gasteiger partial charge in [-0.3, -0.25) is 4.98 Å². The number of aromatic nitrogens is 3. The maximum atomic E-state index is 15.5. The number of aliphatic hydroxyl groups excluding tert-OH is 1. The van der Waals surface area contributed by atoms with Crippen molar-refractivity contribution in [1.82, 2.24) is 15.0 Å². The first-order chi connectivity index (χ1) is 18.5. The van der Waals surface area contributed by atoms with Crippen LogP contribution in [-0.2, 0) is 10.3 Å². The predicted molar refractivity (Wildman–Crippen MR) is 147 cm³/mol. The van der Waals surface area contributed by atoms with E-state index in [1.54, 1.807) is 6.20 Å². The normalized spacial score (nSPS) is 27.5. The van der Waals surface area contributed by atoms with Gasteiger partial charge in [-0.05, 0) is 62.6 Å². The fraction of sp³-hybridized carbons (Fsp3) is 0.517. The summed E-state index contributed by atoms with van der Waals surface area (Å²) in [6.07, 6.45) is 4.93. The third-order valence-electron chi connectivity index (χ3n) is 8.15. The van der Waals surface area contributed by atoms with Gasteiger partial charge in [-0.15, -0.1) is 0 Å². The van der Waals surface area contributed by atoms with Gasteiger partial charge in [0, 0.05) is 29.3 Å². The fourth-order valence-electron chi connectivity index (χ4n) is 5.70. The van der Waals surface area contributed by atoms with Gasteiger partial charge >= 0.3 is 0 Å². The molecule has 8 nitrogen and oxygen atoms in total. The zero-order valence-electron chi connectivity index (χ0n) is 22.3. The number of fused-ring (bicyclic) bond motifs is 1. The molecular weight excluding hydrogens is 521 g/mol. The third-order valence-corrected chi connectivity index (χ3v) is 8.43. The molecule has 3 heterocycles. The second-order valence-corrected chi connectivity index (χ2v) is 11.8. The average molecular weight is 554 g/mol. The van der Waals surface area contributed by atoms with Crippen molar-refractivity contribution in [1.29, 1.82) is 5.26 Å². The lowest BCUT2D eigenvalue weighted by molar-refractivity contribution is -0.0241. The van der Waals surface area contributed by atoms with E-state index in [4.69, 9.17) is 16.3 Å². The molecule has 2 fully saturated rings. The van der Waals surface area contributed by atoms with Crippen molar-refractivity contribution in [3.05, 3.63) is 46.5 Å². The highest BCUT2D eigenvalue weighted by Gasteiger charge is 2.42. The van der Waals surface area contributed by atoms with E-state index in [2.05, 4.69) is 26.3 Å². The summed E-state index contributed by atoms with van der Waals surface area (Å²) in [4.78, 5) is 13.3. The molecule has 1 aliphatic heterocycles. The Kier molecular flexibility index (Phi) is 7.51. The summed E-state index contributed by atoms with van der Waals surface area (Å²) in [5.74, 6) is -0.289. The molecule has 0 unspecified atom stereocenters. The second kappa shape index (κ2) is 10.6. The van der Waals surface area contributed by atoms with Crippen LogP contribution in [0.1, 0.15) is 69.9 Å². The van der Waals surface area contributed by atoms with Crippen LogP contribution in [0.15, 0.2) is 24.5 Å². The second-order valence-electron chi connectivity index (χ2n) is 11.4. The van der Waals surface area contributed by atoms with Gasteiger partial charge in [0.1, 0.15) is 11.3 Å². The number of benzene rings is 1. The first-order valence-corrected chi connectivity index (χ1v) is 13.7. The van der Waals surface area contributed by atoms with Crippen molar-refractivity contribution < 1.29 is 19.3 Å². The summed E-state index contributed by atoms with van der Waals surface area (Å²) in [5.41, 5.74) is 0.876. The van der Waals surface area contributed by atoms with Gasteiger partial charge in [0.2, 0.25) is 5.95 Å². The number of anilines is 1. The Bertz CT molecular complexity index is 1430. The zero-order valence-corrected chi connectivity index (χ0v) is 23.1. The monoisotopic (exact) mass is 553 g/mol. The van der Waals surface area contributed by atoms with Gasteiger partial charge in [0.25, 0.3) is 0 Å². The zero-order chi connectivity index (χ0) is 27.9. The topological polar surface area (TPSA) is 124 Å². The molecule has 2 aliphatic rings. The van der Waals surface area contributed by atoms with Crippen molar-refractivity contribution in [3.8, 4) is 17.3 Å². The summed E-state index contributed by atoms with van der Waals surface area (Å²) < 4.78 is 20.8. The Morgan fingerprint density at radius 2 is 1.95 bits per heavy atom. The number of halogens is 2. The first-order valence-electron chi connectivity index (χ1n) is 13.3. The van der Waals surface area contributed by atoms with Gasteiger partial charge < -0.3 is 20.3 Å². The molecular formula is C29H33ClFN5O3. The summed E-state index contributed by atoms with van der Waals surface area (Å²) >= 11 is 6.50. The van der Waals surface area contributed by atoms with Gasteiger partial charge in [-0.1, -0.05) is 25.4 Å². The maximum absolute atomic E-state index is 15.5. The number of aliphatic hydroxyl groups is 2. The summed E-state index contributed by atoms with van der Waals surface area (Å²) in [6.45, 7) is 6.68. The minimum atomic E-state index is -1.15. The summed E-state index contributed by atoms with van der Waals surface area (Å²) in [6, 6.07) is 5.28. The molecule has 0 spiro atoms. The third kappa shape index (κ3) is 5.31. The van der Waals surface area contributed by atoms with E-state index in [1.165, 1.54) is 12.3 Å². The highest BCUT2D eigenvalue weighted by molar-refractivity contribution is 6.33. The molecule has 2 aromatic heterocycles. The first kappa shape index (κ1) is 27.7. The molecule has 1 saturated carbocycles. The Hall–Kier alpha value is -2.90. The lowest BCUT2D eigenvalue weighted by Gasteiger charge is -2.40. The Labute approximate surface area is 232 Å². The van der Waals surface area contributed by atoms with Crippen LogP contribution in [0.2, 0.25) is 5.02 Å². The minimum Gasteiger partial charge on any atom is -0.389 e. The van der Waals surface area contributed by atoms with Crippen LogP contribution in [0.4, 0.5) is 10.3 Å². The van der Waals surface area contributed by atoms with Crippen LogP contribution < -0.4 is 5.32 Å². The molecule has 2 atom stereocenters. The minimum absolute atomic E-state index is 0.0402. The van der Waals surface area contributed by atoms with Crippen LogP contribution in [-0.4, -0.2) is 50.5 Å². The van der Waals surface area contributed by atoms with Crippen LogP contribution >= 0.6 is 11.6 Å². The Balaban J connectivity index is 1.58. The molecule has 3 aromatic rings. The molecule has 0 amide bonds. The molecule has 1 aliphatic carbocycles. The number of rotatable bonds is 5. The summed E-state index contributed by atoms with van der Waals surface area (Å²) in [5, 5.41) is 35.5. The number of nitrogens with zero attached hydrogens (tertiary/aromatic N) is 4. The van der Waals surface area contributed by atoms with Crippen LogP contribution in [0.25, 0.3) is 22.2 Å². The molecule has 0 radical (unpaired) electrons. The van der Waals surface area contributed by atoms with Crippen molar-refractivity contribution >= 4 is 28.5 Å². The van der Waals surface area contributed by atoms with Gasteiger partial charge in [0.15, 0.2) is 0 Å². The lowest BCUT2D eigenvalue weighted by atomic mass is 9.67. The van der Waals surface area contributed by atoms with Gasteiger partial charge in [-0.25, -0.2) is 14.4 Å². The molecule has 206 valence electrons. The van der Waals surface area contributed by atoms with Crippen LogP contribution in [0.5, 0.6) is 0 Å². The number of pyridine rings is 1. The van der Waals surface area contributed by atoms with Crippen LogP contribution in [0.3, 0.4) is 0 Å². The van der Waals surface area contributed by atoms with E-state index in [9.17, 15) is 15.5 Å². The van der Waals surface area contributed by atoms with Crippen molar-refractivity contribution in [3.63, 3.8) is 0 Å². The number of hydrogen-bond donors (Lipinski definition) is 3. The SMILES string of the molecule is CC(C)c1c(C2(O)CCC(C)(C#N)CC2)cnc2c(F)cc(-c3nc(N[C@@H]4CCOC[C@H]4O)ncc3Cl)cc12. The van der Waals surface area contributed by atoms with Crippen molar-refractivity contribution in [2.24, 2.45) is 5.41 Å². The number of nitriles is 1. The van der Waals surface area contributed by atoms with Crippen molar-refractivity contribution in [2.45, 2.75) is 76.5 Å². The van der Waals surface area contributed by atoms with Gasteiger partial charge in [0.05, 0.1) is 52.8 Å². The molecule has 39 heavy (non-hydrogen) atoms. The molecule has 10 heteroatoms. The number of hydrogen-bond acceptors (Lipinski definition) is 8. The maximum Gasteiger partial charge on any atom is 0.223 e. The number of nitrogens with one attached hydrogen (secondary N) is 1. The van der Waals surface area contributed by atoms with E-state index < -0.39 is 22.9 Å². The van der Waals surface area contributed by atoms with Gasteiger partial charge in [-0.2, -0.15) is 5.26 Å². The smallest absolute Gasteiger partial charge is 0.223 e. The van der Waals surface area contributed by atoms with Crippen molar-refractivity contribution in [2.75, 3.05) is 18.5 Å². The van der Waals surface area contributed by atoms with E-state index >= 15 is 4.39 Å². The quantitative estimate of drug-likeness (QED) is 0.380. The molecule has 0 bridgehead atoms. The highest BCUT2D eigenvalue weighted by Crippen LogP contribution is 2.48. The molecule has 1 saturated heterocycles. The molecule has 1 aromatic carbocycles. The highest BCUT2D eigenvalue weighted by atomic mass is 35.5. The summed E-state index contributed by atoms with van der Waals surface area (Å²) in [7, 11) is 0. The van der Waals surface area contributed by atoms with E-state index in [0.29, 0.717) is 60.9 Å². The standard InChI is InChI=1S/C29H33ClFN5O3/c1-16(2)24-18-10-17(25-20(30)13-34-27(36-25)35-22-4-9-39-14-23(22)37)11-21(31)26(18)33-12-19(24)29(38)7-5-28(3,15-32)6-8-29/h10-13,16,22-23,37-38H,4-9,14H2,1-3H3,(H,34,35,36)/t22-,23-,28?,29?/m1/s1. The molecule has 3 N–H and O–H groups in total. The molecule has 5 rings (SSSR count). The lowest BCUT2D eigenvalue weighted by Crippen LogP contribution is -2.42. The van der Waals surface area contributed by atoms with Crippen LogP contribution in [0, 0.1) is 22.6 Å². The van der Waals surface area contributed by atoms with E-state index in [1.807, 2.05) is 26.8 Å². The Morgan fingerprint density at radius 3 is 2.62 bits per heavy atom. The van der Waals surface area contributed by atoms with E-state index in [-0.39, 0.29) is 35.1 Å². The average Bonchev–Trinajstić information content (AvgIpc) is 2.92. The predicted octanol–water partition coefficient (Wildman–Crippen LogP) is 5.46.